The second kappa shape index (κ2) is 5.60. The van der Waals surface area contributed by atoms with Crippen LogP contribution < -0.4 is 4.74 Å². The summed E-state index contributed by atoms with van der Waals surface area (Å²) in [5, 5.41) is 7.55. The number of ketones is 1. The topological polar surface area (TPSA) is 57.0 Å². The summed E-state index contributed by atoms with van der Waals surface area (Å²) in [6.07, 6.45) is 2.22. The molecule has 0 bridgehead atoms. The Labute approximate surface area is 110 Å². The van der Waals surface area contributed by atoms with Crippen molar-refractivity contribution in [2.45, 2.75) is 19.9 Å². The highest BCUT2D eigenvalue weighted by molar-refractivity contribution is 6.07. The van der Waals surface area contributed by atoms with E-state index in [0.717, 1.165) is 12.5 Å². The molecule has 0 aliphatic heterocycles. The smallest absolute Gasteiger partial charge is 0.212 e. The molecule has 0 aliphatic rings. The molecule has 6 heteroatoms. The predicted molar refractivity (Wildman–Crippen MR) is 66.7 cm³/mol. The molecule has 1 aromatic carbocycles. The van der Waals surface area contributed by atoms with Gasteiger partial charge in [-0.2, -0.15) is 0 Å². The van der Waals surface area contributed by atoms with E-state index in [9.17, 15) is 9.18 Å². The maximum Gasteiger partial charge on any atom is 0.212 e. The molecule has 1 aromatic heterocycles. The lowest BCUT2D eigenvalue weighted by atomic mass is 10.1. The number of nitrogens with zero attached hydrogens (tertiary/aromatic N) is 3. The molecule has 5 nitrogen and oxygen atoms in total. The Morgan fingerprint density at radius 1 is 1.47 bits per heavy atom. The number of rotatable bonds is 5. The fourth-order valence-corrected chi connectivity index (χ4v) is 1.77. The zero-order chi connectivity index (χ0) is 13.8. The molecule has 0 aliphatic carbocycles. The van der Waals surface area contributed by atoms with Crippen molar-refractivity contribution in [3.8, 4) is 5.75 Å². The van der Waals surface area contributed by atoms with Gasteiger partial charge in [-0.3, -0.25) is 4.79 Å². The molecule has 0 unspecified atom stereocenters. The van der Waals surface area contributed by atoms with E-state index in [1.807, 2.05) is 6.92 Å². The highest BCUT2D eigenvalue weighted by Gasteiger charge is 2.16. The molecule has 0 spiro atoms. The first-order valence-electron chi connectivity index (χ1n) is 5.94. The molecule has 100 valence electrons. The number of halogens is 1. The first kappa shape index (κ1) is 13.2. The van der Waals surface area contributed by atoms with Gasteiger partial charge >= 0.3 is 0 Å². The van der Waals surface area contributed by atoms with E-state index in [4.69, 9.17) is 4.74 Å². The first-order valence-corrected chi connectivity index (χ1v) is 5.94. The van der Waals surface area contributed by atoms with Crippen molar-refractivity contribution >= 4 is 5.78 Å². The van der Waals surface area contributed by atoms with E-state index in [1.165, 1.54) is 30.1 Å². The summed E-state index contributed by atoms with van der Waals surface area (Å²) in [4.78, 5) is 12.2. The summed E-state index contributed by atoms with van der Waals surface area (Å²) in [7, 11) is 1.38. The van der Waals surface area contributed by atoms with Gasteiger partial charge in [0.2, 0.25) is 5.78 Å². The molecule has 2 rings (SSSR count). The van der Waals surface area contributed by atoms with Crippen LogP contribution in [0, 0.1) is 5.82 Å². The summed E-state index contributed by atoms with van der Waals surface area (Å²) in [5.41, 5.74) is 0.601. The number of benzene rings is 1. The van der Waals surface area contributed by atoms with E-state index in [1.54, 1.807) is 0 Å². The van der Waals surface area contributed by atoms with E-state index in [0.29, 0.717) is 12.2 Å². The third-order valence-electron chi connectivity index (χ3n) is 2.70. The second-order valence-electron chi connectivity index (χ2n) is 4.02. The van der Waals surface area contributed by atoms with Gasteiger partial charge < -0.3 is 4.74 Å². The van der Waals surface area contributed by atoms with Crippen LogP contribution in [0.4, 0.5) is 4.39 Å². The molecular weight excluding hydrogens is 249 g/mol. The summed E-state index contributed by atoms with van der Waals surface area (Å²) in [5.74, 6) is -0.764. The number of carbonyl (C=O) groups is 1. The minimum Gasteiger partial charge on any atom is -0.494 e. The van der Waals surface area contributed by atoms with Crippen LogP contribution >= 0.6 is 0 Å². The third kappa shape index (κ3) is 2.62. The lowest BCUT2D eigenvalue weighted by Gasteiger charge is -2.06. The quantitative estimate of drug-likeness (QED) is 0.775. The normalized spacial score (nSPS) is 10.5. The average Bonchev–Trinajstić information content (AvgIpc) is 2.86. The van der Waals surface area contributed by atoms with Gasteiger partial charge in [0.15, 0.2) is 11.6 Å². The lowest BCUT2D eigenvalue weighted by Crippen LogP contribution is -2.11. The highest BCUT2D eigenvalue weighted by atomic mass is 19.1. The fourth-order valence-electron chi connectivity index (χ4n) is 1.77. The van der Waals surface area contributed by atoms with Gasteiger partial charge in [-0.05, 0) is 24.6 Å². The predicted octanol–water partition coefficient (Wildman–Crippen LogP) is 2.07. The molecule has 0 amide bonds. The van der Waals surface area contributed by atoms with Crippen LogP contribution in [-0.2, 0) is 6.54 Å². The summed E-state index contributed by atoms with van der Waals surface area (Å²) < 4.78 is 19.9. The van der Waals surface area contributed by atoms with Gasteiger partial charge in [0, 0.05) is 12.1 Å². The highest BCUT2D eigenvalue weighted by Crippen LogP contribution is 2.19. The minimum absolute atomic E-state index is 0.108. The third-order valence-corrected chi connectivity index (χ3v) is 2.70. The SMILES string of the molecule is CCCn1nncc1C(=O)c1ccc(OC)c(F)c1. The number of hydrogen-bond donors (Lipinski definition) is 0. The average molecular weight is 263 g/mol. The van der Waals surface area contributed by atoms with Crippen molar-refractivity contribution in [3.05, 3.63) is 41.5 Å². The van der Waals surface area contributed by atoms with Crippen molar-refractivity contribution in [1.82, 2.24) is 15.0 Å². The zero-order valence-electron chi connectivity index (χ0n) is 10.8. The molecule has 0 N–H and O–H groups in total. The van der Waals surface area contributed by atoms with Crippen LogP contribution in [0.2, 0.25) is 0 Å². The van der Waals surface area contributed by atoms with Crippen LogP contribution in [0.25, 0.3) is 0 Å². The van der Waals surface area contributed by atoms with E-state index in [-0.39, 0.29) is 17.1 Å². The number of aryl methyl sites for hydroxylation is 1. The van der Waals surface area contributed by atoms with Gasteiger partial charge in [-0.1, -0.05) is 12.1 Å². The lowest BCUT2D eigenvalue weighted by molar-refractivity contribution is 0.102. The number of carbonyl (C=O) groups excluding carboxylic acids is 1. The molecule has 0 atom stereocenters. The van der Waals surface area contributed by atoms with Crippen LogP contribution in [0.5, 0.6) is 5.75 Å². The Kier molecular flexibility index (Phi) is 3.89. The standard InChI is InChI=1S/C13H14FN3O2/c1-3-6-17-11(8-15-16-17)13(18)9-4-5-12(19-2)10(14)7-9/h4-5,7-8H,3,6H2,1-2H3. The number of aromatic nitrogens is 3. The van der Waals surface area contributed by atoms with Crippen LogP contribution in [0.3, 0.4) is 0 Å². The molecule has 19 heavy (non-hydrogen) atoms. The Bertz CT molecular complexity index is 595. The number of hydrogen-bond acceptors (Lipinski definition) is 4. The van der Waals surface area contributed by atoms with Crippen LogP contribution in [-0.4, -0.2) is 27.9 Å². The van der Waals surface area contributed by atoms with Crippen molar-refractivity contribution in [3.63, 3.8) is 0 Å². The molecule has 2 aromatic rings. The van der Waals surface area contributed by atoms with E-state index >= 15 is 0 Å². The monoisotopic (exact) mass is 263 g/mol. The molecule has 0 radical (unpaired) electrons. The maximum absolute atomic E-state index is 13.6. The summed E-state index contributed by atoms with van der Waals surface area (Å²) >= 11 is 0. The second-order valence-corrected chi connectivity index (χ2v) is 4.02. The van der Waals surface area contributed by atoms with Gasteiger partial charge in [0.05, 0.1) is 13.3 Å². The molecule has 0 saturated heterocycles. The minimum atomic E-state index is -0.567. The number of ether oxygens (including phenoxy) is 1. The molecule has 0 saturated carbocycles. The fraction of sp³-hybridized carbons (Fsp3) is 0.308. The van der Waals surface area contributed by atoms with Crippen LogP contribution in [0.15, 0.2) is 24.4 Å². The largest absolute Gasteiger partial charge is 0.494 e. The van der Waals surface area contributed by atoms with Crippen molar-refractivity contribution in [1.29, 1.82) is 0 Å². The Morgan fingerprint density at radius 2 is 2.26 bits per heavy atom. The zero-order valence-corrected chi connectivity index (χ0v) is 10.8. The Balaban J connectivity index is 2.33. The molecule has 0 fully saturated rings. The Hall–Kier alpha value is -2.24. The summed E-state index contributed by atoms with van der Waals surface area (Å²) in [6.45, 7) is 2.57. The molecule has 1 heterocycles. The Morgan fingerprint density at radius 3 is 2.89 bits per heavy atom. The van der Waals surface area contributed by atoms with Crippen LogP contribution in [0.1, 0.15) is 29.4 Å². The van der Waals surface area contributed by atoms with Crippen molar-refractivity contribution < 1.29 is 13.9 Å². The number of methoxy groups -OCH3 is 1. The van der Waals surface area contributed by atoms with E-state index < -0.39 is 5.82 Å². The van der Waals surface area contributed by atoms with E-state index in [2.05, 4.69) is 10.3 Å². The maximum atomic E-state index is 13.6. The van der Waals surface area contributed by atoms with Gasteiger partial charge in [-0.15, -0.1) is 5.10 Å². The van der Waals surface area contributed by atoms with Gasteiger partial charge in [-0.25, -0.2) is 9.07 Å². The van der Waals surface area contributed by atoms with Crippen molar-refractivity contribution in [2.24, 2.45) is 0 Å². The summed E-state index contributed by atoms with van der Waals surface area (Å²) in [6, 6.07) is 4.11. The molecular formula is C13H14FN3O2. The van der Waals surface area contributed by atoms with Gasteiger partial charge in [0.25, 0.3) is 0 Å². The van der Waals surface area contributed by atoms with Gasteiger partial charge in [0.1, 0.15) is 5.69 Å². The van der Waals surface area contributed by atoms with Crippen molar-refractivity contribution in [2.75, 3.05) is 7.11 Å². The first-order chi connectivity index (χ1) is 9.17.